The van der Waals surface area contributed by atoms with Gasteiger partial charge in [-0.05, 0) is 103 Å². The van der Waals surface area contributed by atoms with Crippen LogP contribution < -0.4 is 4.74 Å². The number of nitrogens with one attached hydrogen (secondary N) is 1. The Labute approximate surface area is 288 Å². The molecule has 1 fully saturated rings. The van der Waals surface area contributed by atoms with Crippen LogP contribution >= 0.6 is 0 Å². The van der Waals surface area contributed by atoms with Crippen molar-refractivity contribution in [2.24, 2.45) is 11.8 Å². The molecule has 0 radical (unpaired) electrons. The molecule has 49 heavy (non-hydrogen) atoms. The summed E-state index contributed by atoms with van der Waals surface area (Å²) in [7, 11) is 0. The topological polar surface area (TPSA) is 85.3 Å². The minimum Gasteiger partial charge on any atom is -0.461 e. The minimum atomic E-state index is -0.485. The monoisotopic (exact) mass is 665 g/mol. The highest BCUT2D eigenvalue weighted by atomic mass is 19.1. The molecule has 1 aliphatic heterocycles. The Hall–Kier alpha value is -4.50. The van der Waals surface area contributed by atoms with Gasteiger partial charge in [0.15, 0.2) is 0 Å². The third-order valence-electron chi connectivity index (χ3n) is 9.31. The maximum atomic E-state index is 14.3. The van der Waals surface area contributed by atoms with Gasteiger partial charge in [-0.3, -0.25) is 9.58 Å². The van der Waals surface area contributed by atoms with Crippen molar-refractivity contribution in [3.63, 3.8) is 0 Å². The molecular formula is C40H48FN5O3. The zero-order chi connectivity index (χ0) is 34.7. The number of rotatable bonds is 12. The second-order valence-corrected chi connectivity index (χ2v) is 14.5. The van der Waals surface area contributed by atoms with Crippen molar-refractivity contribution in [1.82, 2.24) is 24.9 Å². The summed E-state index contributed by atoms with van der Waals surface area (Å²) in [6.45, 7) is 16.7. The molecule has 0 bridgehead atoms. The first-order valence-electron chi connectivity index (χ1n) is 17.6. The predicted octanol–water partition coefficient (Wildman–Crippen LogP) is 9.33. The molecule has 3 heterocycles. The van der Waals surface area contributed by atoms with Crippen LogP contribution in [0, 0.1) is 17.7 Å². The molecule has 1 aliphatic rings. The maximum absolute atomic E-state index is 14.3. The number of hydrogen-bond acceptors (Lipinski definition) is 6. The number of hydrogen-bond donors (Lipinski definition) is 1. The van der Waals surface area contributed by atoms with Crippen LogP contribution in [0.2, 0.25) is 0 Å². The number of carbonyl (C=O) groups excluding carboxylic acids is 1. The Morgan fingerprint density at radius 1 is 0.980 bits per heavy atom. The maximum Gasteiger partial charge on any atom is 0.355 e. The fourth-order valence-electron chi connectivity index (χ4n) is 6.55. The van der Waals surface area contributed by atoms with E-state index >= 15 is 0 Å². The van der Waals surface area contributed by atoms with E-state index in [-0.39, 0.29) is 17.4 Å². The highest BCUT2D eigenvalue weighted by molar-refractivity contribution is 6.07. The van der Waals surface area contributed by atoms with Crippen molar-refractivity contribution < 1.29 is 18.7 Å². The Kier molecular flexibility index (Phi) is 10.5. The molecule has 0 spiro atoms. The van der Waals surface area contributed by atoms with Gasteiger partial charge in [0.25, 0.3) is 0 Å². The minimum absolute atomic E-state index is 0.192. The Morgan fingerprint density at radius 2 is 1.78 bits per heavy atom. The van der Waals surface area contributed by atoms with Crippen molar-refractivity contribution >= 4 is 16.9 Å². The summed E-state index contributed by atoms with van der Waals surface area (Å²) in [5, 5.41) is 9.42. The van der Waals surface area contributed by atoms with Crippen molar-refractivity contribution in [3.8, 4) is 22.8 Å². The summed E-state index contributed by atoms with van der Waals surface area (Å²) in [6, 6.07) is 19.4. The van der Waals surface area contributed by atoms with Gasteiger partial charge >= 0.3 is 5.97 Å². The second kappa shape index (κ2) is 14.9. The smallest absolute Gasteiger partial charge is 0.355 e. The highest BCUT2D eigenvalue weighted by Crippen LogP contribution is 2.35. The number of esters is 1. The normalized spacial score (nSPS) is 14.4. The van der Waals surface area contributed by atoms with E-state index in [2.05, 4.69) is 84.3 Å². The van der Waals surface area contributed by atoms with Gasteiger partial charge in [0.2, 0.25) is 0 Å². The second-order valence-electron chi connectivity index (χ2n) is 14.5. The molecule has 2 aromatic heterocycles. The molecular weight excluding hydrogens is 617 g/mol. The van der Waals surface area contributed by atoms with E-state index in [4.69, 9.17) is 9.47 Å². The van der Waals surface area contributed by atoms with E-state index in [0.717, 1.165) is 50.5 Å². The SMILES string of the molecule is CC(C)COC(=O)c1[nH]c2ccc(F)cc2c1-c1cn(CC2CCN(Cc3ccc(Oc4cccc(C(C)C)c4)c(C(C)C)c3)CC2)nn1. The quantitative estimate of drug-likeness (QED) is 0.134. The van der Waals surface area contributed by atoms with Crippen LogP contribution in [-0.2, 0) is 17.8 Å². The molecule has 0 saturated carbocycles. The number of ether oxygens (including phenoxy) is 2. The molecule has 3 aromatic carbocycles. The van der Waals surface area contributed by atoms with Crippen LogP contribution in [0.5, 0.6) is 11.5 Å². The van der Waals surface area contributed by atoms with E-state index in [1.54, 1.807) is 6.07 Å². The lowest BCUT2D eigenvalue weighted by Gasteiger charge is -2.32. The van der Waals surface area contributed by atoms with Crippen LogP contribution in [0.1, 0.15) is 93.4 Å². The molecule has 0 aliphatic carbocycles. The first-order chi connectivity index (χ1) is 23.5. The fourth-order valence-corrected chi connectivity index (χ4v) is 6.55. The van der Waals surface area contributed by atoms with Crippen LogP contribution in [0.15, 0.2) is 66.9 Å². The summed E-state index contributed by atoms with van der Waals surface area (Å²) < 4.78 is 28.1. The van der Waals surface area contributed by atoms with Gasteiger partial charge in [0, 0.05) is 29.6 Å². The first-order valence-corrected chi connectivity index (χ1v) is 17.6. The van der Waals surface area contributed by atoms with E-state index in [1.165, 1.54) is 28.8 Å². The lowest BCUT2D eigenvalue weighted by Crippen LogP contribution is -2.34. The number of benzene rings is 3. The van der Waals surface area contributed by atoms with Gasteiger partial charge in [-0.25, -0.2) is 9.18 Å². The first kappa shape index (κ1) is 34.4. The van der Waals surface area contributed by atoms with Gasteiger partial charge in [-0.15, -0.1) is 5.10 Å². The van der Waals surface area contributed by atoms with Crippen molar-refractivity contribution in [2.45, 2.75) is 79.3 Å². The third kappa shape index (κ3) is 8.21. The standard InChI is InChI=1S/C40H48FN5O3/c1-25(2)24-48-40(47)39-38(34-20-31(41)11-12-35(34)42-39)36-23-46(44-43-36)22-28-14-16-45(17-15-28)21-29-10-13-37(33(18-29)27(5)6)49-32-9-7-8-30(19-32)26(3)4/h7-13,18-20,23,25-28,42H,14-17,21-22,24H2,1-6H3. The summed E-state index contributed by atoms with van der Waals surface area (Å²) in [4.78, 5) is 18.7. The van der Waals surface area contributed by atoms with Gasteiger partial charge in [-0.1, -0.05) is 71.0 Å². The number of aromatic nitrogens is 4. The van der Waals surface area contributed by atoms with Crippen LogP contribution in [0.4, 0.5) is 4.39 Å². The van der Waals surface area contributed by atoms with E-state index in [9.17, 15) is 9.18 Å². The number of piperidine rings is 1. The lowest BCUT2D eigenvalue weighted by atomic mass is 9.95. The zero-order valence-electron chi connectivity index (χ0n) is 29.5. The molecule has 0 amide bonds. The number of carbonyl (C=O) groups is 1. The summed E-state index contributed by atoms with van der Waals surface area (Å²) in [5.74, 6) is 2.36. The van der Waals surface area contributed by atoms with Crippen molar-refractivity contribution in [1.29, 1.82) is 0 Å². The van der Waals surface area contributed by atoms with E-state index in [0.29, 0.717) is 46.5 Å². The van der Waals surface area contributed by atoms with Crippen LogP contribution in [-0.4, -0.2) is 50.5 Å². The number of likely N-dealkylation sites (tertiary alicyclic amines) is 1. The summed E-state index contributed by atoms with van der Waals surface area (Å²) >= 11 is 0. The molecule has 258 valence electrons. The Bertz CT molecular complexity index is 1900. The third-order valence-corrected chi connectivity index (χ3v) is 9.31. The largest absolute Gasteiger partial charge is 0.461 e. The Morgan fingerprint density at radius 3 is 2.51 bits per heavy atom. The highest BCUT2D eigenvalue weighted by Gasteiger charge is 2.25. The van der Waals surface area contributed by atoms with Crippen LogP contribution in [0.3, 0.4) is 0 Å². The molecule has 5 aromatic rings. The number of aromatic amines is 1. The number of H-pyrrole nitrogens is 1. The zero-order valence-corrected chi connectivity index (χ0v) is 29.5. The van der Waals surface area contributed by atoms with Gasteiger partial charge < -0.3 is 14.5 Å². The fraction of sp³-hybridized carbons (Fsp3) is 0.425. The summed E-state index contributed by atoms with van der Waals surface area (Å²) in [5.41, 5.74) is 5.74. The van der Waals surface area contributed by atoms with E-state index in [1.807, 2.05) is 30.8 Å². The molecule has 1 saturated heterocycles. The van der Waals surface area contributed by atoms with E-state index < -0.39 is 5.97 Å². The predicted molar refractivity (Wildman–Crippen MR) is 192 cm³/mol. The number of nitrogens with zero attached hydrogens (tertiary/aromatic N) is 4. The average molecular weight is 666 g/mol. The van der Waals surface area contributed by atoms with Crippen molar-refractivity contribution in [2.75, 3.05) is 19.7 Å². The molecule has 0 atom stereocenters. The van der Waals surface area contributed by atoms with Gasteiger partial charge in [0.05, 0.1) is 12.8 Å². The number of fused-ring (bicyclic) bond motifs is 1. The Balaban J connectivity index is 1.09. The van der Waals surface area contributed by atoms with Crippen molar-refractivity contribution in [3.05, 3.63) is 95.1 Å². The molecule has 1 N–H and O–H groups in total. The molecule has 9 heteroatoms. The molecule has 0 unspecified atom stereocenters. The number of halogens is 1. The average Bonchev–Trinajstić information content (AvgIpc) is 3.69. The molecule has 8 nitrogen and oxygen atoms in total. The molecule has 6 rings (SSSR count). The van der Waals surface area contributed by atoms with Gasteiger partial charge in [0.1, 0.15) is 28.7 Å². The van der Waals surface area contributed by atoms with Gasteiger partial charge in [-0.2, -0.15) is 0 Å². The lowest BCUT2D eigenvalue weighted by molar-refractivity contribution is 0.0454. The summed E-state index contributed by atoms with van der Waals surface area (Å²) in [6.07, 6.45) is 3.95. The van der Waals surface area contributed by atoms with Crippen LogP contribution in [0.25, 0.3) is 22.2 Å².